The lowest BCUT2D eigenvalue weighted by atomic mass is 9.45. The van der Waals surface area contributed by atoms with Gasteiger partial charge in [0.25, 0.3) is 5.91 Å². The van der Waals surface area contributed by atoms with Gasteiger partial charge in [-0.2, -0.15) is 0 Å². The lowest BCUT2D eigenvalue weighted by Crippen LogP contribution is -2.80. The number of esters is 3. The van der Waals surface area contributed by atoms with E-state index in [2.05, 4.69) is 5.32 Å². The third kappa shape index (κ3) is 6.63. The summed E-state index contributed by atoms with van der Waals surface area (Å²) in [5.41, 5.74) is -5.19. The number of nitrogens with one attached hydrogen (secondary N) is 1. The molecule has 3 aromatic rings. The fourth-order valence-corrected chi connectivity index (χ4v) is 9.76. The first-order valence-electron chi connectivity index (χ1n) is 19.5. The number of ether oxygens (including phenoxy) is 4. The molecule has 1 saturated heterocycles. The zero-order valence-corrected chi connectivity index (χ0v) is 33.0. The van der Waals surface area contributed by atoms with Gasteiger partial charge in [0.1, 0.15) is 29.7 Å². The number of hydrogen-bond acceptors (Lipinski definition) is 12. The van der Waals surface area contributed by atoms with Crippen LogP contribution in [0.25, 0.3) is 0 Å². The Kier molecular flexibility index (Phi) is 10.7. The van der Waals surface area contributed by atoms with Crippen molar-refractivity contribution >= 4 is 29.6 Å². The number of aliphatic hydroxyl groups is 3. The Balaban J connectivity index is 1.32. The molecule has 1 amide bonds. The minimum atomic E-state index is -2.17. The van der Waals surface area contributed by atoms with Crippen LogP contribution in [0.5, 0.6) is 0 Å². The van der Waals surface area contributed by atoms with Gasteiger partial charge in [-0.1, -0.05) is 86.2 Å². The molecular formula is C45H49NO12. The molecule has 2 bridgehead atoms. The quantitative estimate of drug-likeness (QED) is 0.137. The Hall–Kier alpha value is -5.21. The molecule has 0 radical (unpaired) electrons. The van der Waals surface area contributed by atoms with Crippen molar-refractivity contribution in [2.75, 3.05) is 6.61 Å². The van der Waals surface area contributed by atoms with Gasteiger partial charge >= 0.3 is 17.9 Å². The summed E-state index contributed by atoms with van der Waals surface area (Å²) in [6.07, 6.45) is -7.90. The zero-order valence-electron chi connectivity index (χ0n) is 33.0. The van der Waals surface area contributed by atoms with Gasteiger partial charge in [0.15, 0.2) is 11.7 Å². The van der Waals surface area contributed by atoms with Crippen LogP contribution in [0.4, 0.5) is 0 Å². The molecule has 3 aliphatic carbocycles. The van der Waals surface area contributed by atoms with Crippen molar-refractivity contribution < 1.29 is 58.2 Å². The number of rotatable bonds is 9. The summed E-state index contributed by atoms with van der Waals surface area (Å²) in [6, 6.07) is 23.5. The first kappa shape index (κ1) is 41.0. The molecule has 7 rings (SSSR count). The van der Waals surface area contributed by atoms with E-state index in [1.807, 2.05) is 0 Å². The van der Waals surface area contributed by atoms with Crippen LogP contribution >= 0.6 is 0 Å². The third-order valence-corrected chi connectivity index (χ3v) is 13.2. The van der Waals surface area contributed by atoms with Crippen LogP contribution in [0, 0.1) is 16.7 Å². The van der Waals surface area contributed by atoms with Crippen molar-refractivity contribution in [3.63, 3.8) is 0 Å². The fraction of sp³-hybridized carbons (Fsp3) is 0.444. The van der Waals surface area contributed by atoms with E-state index in [1.54, 1.807) is 107 Å². The van der Waals surface area contributed by atoms with Gasteiger partial charge in [0.05, 0.1) is 35.6 Å². The van der Waals surface area contributed by atoms with Crippen molar-refractivity contribution in [3.05, 3.63) is 119 Å². The van der Waals surface area contributed by atoms with Gasteiger partial charge in [-0.3, -0.25) is 14.4 Å². The minimum absolute atomic E-state index is 0.0628. The van der Waals surface area contributed by atoms with Gasteiger partial charge < -0.3 is 39.6 Å². The smallest absolute Gasteiger partial charge is 0.338 e. The van der Waals surface area contributed by atoms with Gasteiger partial charge in [-0.15, -0.1) is 0 Å². The maximum atomic E-state index is 14.9. The minimum Gasteiger partial charge on any atom is -0.456 e. The Bertz CT molecular complexity index is 2120. The highest BCUT2D eigenvalue weighted by atomic mass is 16.6. The van der Waals surface area contributed by atoms with E-state index in [1.165, 1.54) is 19.1 Å². The van der Waals surface area contributed by atoms with E-state index in [-0.39, 0.29) is 25.0 Å². The molecule has 4 N–H and O–H groups in total. The maximum Gasteiger partial charge on any atom is 0.338 e. The second-order valence-corrected chi connectivity index (χ2v) is 16.7. The highest BCUT2D eigenvalue weighted by molar-refractivity contribution is 5.95. The normalized spacial score (nSPS) is 32.1. The topological polar surface area (TPSA) is 195 Å². The van der Waals surface area contributed by atoms with Crippen LogP contribution in [-0.4, -0.2) is 93.2 Å². The predicted octanol–water partition coefficient (Wildman–Crippen LogP) is 4.19. The van der Waals surface area contributed by atoms with Crippen molar-refractivity contribution in [1.29, 1.82) is 0 Å². The summed E-state index contributed by atoms with van der Waals surface area (Å²) in [6.45, 7) is 7.62. The van der Waals surface area contributed by atoms with Crippen LogP contribution in [0.15, 0.2) is 102 Å². The molecule has 0 unspecified atom stereocenters. The van der Waals surface area contributed by atoms with E-state index in [0.29, 0.717) is 22.3 Å². The van der Waals surface area contributed by atoms with Gasteiger partial charge in [0, 0.05) is 37.2 Å². The molecule has 1 aliphatic heterocycles. The molecule has 2 saturated carbocycles. The van der Waals surface area contributed by atoms with Crippen LogP contribution in [0.1, 0.15) is 86.2 Å². The van der Waals surface area contributed by atoms with Crippen molar-refractivity contribution in [1.82, 2.24) is 5.32 Å². The number of aliphatic hydroxyl groups excluding tert-OH is 2. The number of carbonyl (C=O) groups is 5. The average molecular weight is 796 g/mol. The lowest BCUT2D eigenvalue weighted by Gasteiger charge is -2.67. The average Bonchev–Trinajstić information content (AvgIpc) is 3.20. The molecule has 306 valence electrons. The zero-order chi connectivity index (χ0) is 41.8. The largest absolute Gasteiger partial charge is 0.456 e. The summed E-state index contributed by atoms with van der Waals surface area (Å²) in [5, 5.41) is 39.7. The number of carbonyl (C=O) groups excluding carboxylic acids is 5. The van der Waals surface area contributed by atoms with Crippen LogP contribution < -0.4 is 5.32 Å². The summed E-state index contributed by atoms with van der Waals surface area (Å²) < 4.78 is 24.4. The number of Topliss-reactive ketones (excluding diaryl/α,β-unsaturated/α-hetero) is 1. The van der Waals surface area contributed by atoms with Gasteiger partial charge in [-0.05, 0) is 49.2 Å². The van der Waals surface area contributed by atoms with Gasteiger partial charge in [-0.25, -0.2) is 9.59 Å². The Labute approximate surface area is 336 Å². The summed E-state index contributed by atoms with van der Waals surface area (Å²) >= 11 is 0. The molecule has 58 heavy (non-hydrogen) atoms. The van der Waals surface area contributed by atoms with E-state index in [0.717, 1.165) is 0 Å². The first-order valence-corrected chi connectivity index (χ1v) is 19.5. The number of hydrogen-bond donors (Lipinski definition) is 4. The molecule has 1 heterocycles. The molecule has 3 aromatic carbocycles. The maximum absolute atomic E-state index is 14.9. The molecule has 13 nitrogen and oxygen atoms in total. The number of benzene rings is 3. The molecule has 0 spiro atoms. The molecule has 10 atom stereocenters. The number of amides is 1. The Morgan fingerprint density at radius 2 is 1.47 bits per heavy atom. The molecule has 3 fully saturated rings. The molecule has 13 heteroatoms. The van der Waals surface area contributed by atoms with Crippen LogP contribution in [0.3, 0.4) is 0 Å². The van der Waals surface area contributed by atoms with Crippen molar-refractivity contribution in [3.8, 4) is 0 Å². The van der Waals surface area contributed by atoms with E-state index in [4.69, 9.17) is 18.9 Å². The summed E-state index contributed by atoms with van der Waals surface area (Å²) in [4.78, 5) is 69.3. The molecule has 0 aromatic heterocycles. The first-order chi connectivity index (χ1) is 27.5. The van der Waals surface area contributed by atoms with Crippen LogP contribution in [0.2, 0.25) is 0 Å². The standard InChI is InChI=1S/C45H49NO12/c1-25-30-21-32(48)43(5)33(49)22-34-44(24-55-34,58-26(2)47)37(43)38(57-40(52)29-19-13-8-14-20-29)45(54,42(30,3)4)23-31(25)56-41(53)36(50)35(27-15-9-6-10-16-27)46-39(51)28-17-11-7-12-18-28/h6-20,31,33-38,49-50,54H,21-24H2,1-5H3,(H,46,51)/t31-,33+,34+,35-,36+,37-,38-,43+,44-,45+/m0/s1. The van der Waals surface area contributed by atoms with Crippen molar-refractivity contribution in [2.45, 2.75) is 102 Å². The molecular weight excluding hydrogens is 746 g/mol. The van der Waals surface area contributed by atoms with Gasteiger partial charge in [0.2, 0.25) is 0 Å². The number of fused-ring (bicyclic) bond motifs is 5. The Morgan fingerprint density at radius 1 is 0.879 bits per heavy atom. The third-order valence-electron chi connectivity index (χ3n) is 13.2. The monoisotopic (exact) mass is 795 g/mol. The summed E-state index contributed by atoms with van der Waals surface area (Å²) in [7, 11) is 0. The predicted molar refractivity (Wildman–Crippen MR) is 207 cm³/mol. The second kappa shape index (κ2) is 15.2. The fourth-order valence-electron chi connectivity index (χ4n) is 9.76. The van der Waals surface area contributed by atoms with E-state index >= 15 is 0 Å². The van der Waals surface area contributed by atoms with Crippen molar-refractivity contribution in [2.24, 2.45) is 16.7 Å². The number of ketones is 1. The highest BCUT2D eigenvalue weighted by Gasteiger charge is 2.77. The SMILES string of the molecule is CC(=O)O[C@@]12CO[C@@H]1C[C@@H](O)[C@@]1(C)C(=O)CC3=C(C)[C@@H](OC(=O)[C@H](O)[C@@H](NC(=O)c4ccccc4)c4ccccc4)C[C@@](O)([C@@H](OC(=O)c4ccccc4)[C@H]21)C3(C)C. The van der Waals surface area contributed by atoms with E-state index < -0.39 is 101 Å². The van der Waals surface area contributed by atoms with E-state index in [9.17, 15) is 39.3 Å². The highest BCUT2D eigenvalue weighted by Crippen LogP contribution is 2.64. The summed E-state index contributed by atoms with van der Waals surface area (Å²) in [5.74, 6) is -5.03. The Morgan fingerprint density at radius 3 is 2.03 bits per heavy atom. The van der Waals surface area contributed by atoms with Crippen LogP contribution in [-0.2, 0) is 33.3 Å². The second-order valence-electron chi connectivity index (χ2n) is 16.7. The molecule has 4 aliphatic rings. The lowest BCUT2D eigenvalue weighted by molar-refractivity contribution is -0.344.